The van der Waals surface area contributed by atoms with Crippen LogP contribution < -0.4 is 10.4 Å². The largest absolute Gasteiger partial charge is 0.541 e. The van der Waals surface area contributed by atoms with Gasteiger partial charge in [-0.05, 0) is 15.8 Å². The van der Waals surface area contributed by atoms with E-state index in [-0.39, 0.29) is 5.41 Å². The van der Waals surface area contributed by atoms with Gasteiger partial charge in [0.05, 0.1) is 5.76 Å². The molecule has 0 aromatic heterocycles. The summed E-state index contributed by atoms with van der Waals surface area (Å²) in [6.07, 6.45) is 0.885. The second-order valence-corrected chi connectivity index (χ2v) is 8.92. The fourth-order valence-corrected chi connectivity index (χ4v) is 4.60. The van der Waals surface area contributed by atoms with Gasteiger partial charge in [-0.1, -0.05) is 88.0 Å². The number of hydrogen-bond acceptors (Lipinski definition) is 1. The van der Waals surface area contributed by atoms with E-state index in [0.29, 0.717) is 0 Å². The molecule has 0 saturated carbocycles. The maximum atomic E-state index is 6.34. The summed E-state index contributed by atoms with van der Waals surface area (Å²) in [7, 11) is -1.70. The maximum Gasteiger partial charge on any atom is 0.298 e. The molecule has 2 aromatic carbocycles. The molecule has 2 aromatic rings. The van der Waals surface area contributed by atoms with Crippen molar-refractivity contribution in [3.63, 3.8) is 0 Å². The highest BCUT2D eigenvalue weighted by Gasteiger charge is 2.21. The molecule has 2 heteroatoms. The van der Waals surface area contributed by atoms with E-state index in [0.717, 1.165) is 12.2 Å². The molecule has 2 rings (SSSR count). The lowest BCUT2D eigenvalue weighted by atomic mass is 9.92. The van der Waals surface area contributed by atoms with E-state index in [1.165, 1.54) is 10.4 Å². The van der Waals surface area contributed by atoms with Crippen LogP contribution in [0.2, 0.25) is 0 Å². The van der Waals surface area contributed by atoms with Crippen LogP contribution in [0.1, 0.15) is 27.2 Å². The molecule has 0 aliphatic rings. The minimum absolute atomic E-state index is 0.198. The van der Waals surface area contributed by atoms with Gasteiger partial charge in [0, 0.05) is 6.42 Å². The van der Waals surface area contributed by atoms with Gasteiger partial charge in [0.2, 0.25) is 0 Å². The third-order valence-corrected chi connectivity index (χ3v) is 5.77. The lowest BCUT2D eigenvalue weighted by Crippen LogP contribution is -2.44. The van der Waals surface area contributed by atoms with E-state index in [2.05, 4.69) is 75.9 Å². The quantitative estimate of drug-likeness (QED) is 0.606. The third-order valence-electron chi connectivity index (χ3n) is 3.22. The standard InChI is InChI=1S/C19H24OSi/c1-16(15-19(2,3)4)20-21(17-11-7-5-8-12-17)18-13-9-6-10-14-18/h5-14,21H,1,15H2,2-4H3. The van der Waals surface area contributed by atoms with Crippen LogP contribution in [0.3, 0.4) is 0 Å². The van der Waals surface area contributed by atoms with Crippen molar-refractivity contribution in [1.82, 2.24) is 0 Å². The zero-order chi connectivity index (χ0) is 15.3. The third kappa shape index (κ3) is 4.90. The Balaban J connectivity index is 2.24. The van der Waals surface area contributed by atoms with Crippen molar-refractivity contribution in [2.45, 2.75) is 27.2 Å². The summed E-state index contributed by atoms with van der Waals surface area (Å²) in [4.78, 5) is 0. The predicted octanol–water partition coefficient (Wildman–Crippen LogP) is 3.49. The van der Waals surface area contributed by atoms with Gasteiger partial charge in [-0.15, -0.1) is 0 Å². The molecule has 1 nitrogen and oxygen atoms in total. The van der Waals surface area contributed by atoms with Crippen LogP contribution in [-0.2, 0) is 4.43 Å². The Morgan fingerprint density at radius 3 is 1.71 bits per heavy atom. The van der Waals surface area contributed by atoms with Gasteiger partial charge in [0.15, 0.2) is 0 Å². The van der Waals surface area contributed by atoms with Gasteiger partial charge < -0.3 is 4.43 Å². The SMILES string of the molecule is C=C(CC(C)(C)C)O[SiH](c1ccccc1)c1ccccc1. The zero-order valence-electron chi connectivity index (χ0n) is 13.2. The topological polar surface area (TPSA) is 9.23 Å². The monoisotopic (exact) mass is 296 g/mol. The minimum Gasteiger partial charge on any atom is -0.541 e. The van der Waals surface area contributed by atoms with E-state index in [9.17, 15) is 0 Å². The first-order valence-corrected chi connectivity index (χ1v) is 9.03. The summed E-state index contributed by atoms with van der Waals surface area (Å²) in [6, 6.07) is 21.0. The first-order chi connectivity index (χ1) is 9.96. The molecular formula is C19H24OSi. The molecule has 0 atom stereocenters. The first kappa shape index (κ1) is 15.6. The molecule has 0 N–H and O–H groups in total. The van der Waals surface area contributed by atoms with E-state index in [4.69, 9.17) is 4.43 Å². The normalized spacial score (nSPS) is 11.4. The average molecular weight is 296 g/mol. The highest BCUT2D eigenvalue weighted by atomic mass is 28.3. The second-order valence-electron chi connectivity index (χ2n) is 6.60. The Morgan fingerprint density at radius 1 is 0.905 bits per heavy atom. The Kier molecular flexibility index (Phi) is 5.02. The predicted molar refractivity (Wildman–Crippen MR) is 93.6 cm³/mol. The van der Waals surface area contributed by atoms with Gasteiger partial charge in [-0.2, -0.15) is 0 Å². The van der Waals surface area contributed by atoms with Crippen LogP contribution in [-0.4, -0.2) is 9.04 Å². The van der Waals surface area contributed by atoms with Crippen LogP contribution in [0.25, 0.3) is 0 Å². The van der Waals surface area contributed by atoms with E-state index >= 15 is 0 Å². The second kappa shape index (κ2) is 6.77. The van der Waals surface area contributed by atoms with Crippen molar-refractivity contribution in [3.05, 3.63) is 73.0 Å². The van der Waals surface area contributed by atoms with Crippen molar-refractivity contribution in [2.75, 3.05) is 0 Å². The zero-order valence-corrected chi connectivity index (χ0v) is 14.3. The van der Waals surface area contributed by atoms with Gasteiger partial charge in [-0.25, -0.2) is 0 Å². The molecule has 110 valence electrons. The molecule has 0 aliphatic heterocycles. The van der Waals surface area contributed by atoms with Gasteiger partial charge >= 0.3 is 0 Å². The highest BCUT2D eigenvalue weighted by Crippen LogP contribution is 2.23. The fourth-order valence-electron chi connectivity index (χ4n) is 2.38. The smallest absolute Gasteiger partial charge is 0.298 e. The molecule has 0 radical (unpaired) electrons. The lowest BCUT2D eigenvalue weighted by molar-refractivity contribution is 0.325. The van der Waals surface area contributed by atoms with Crippen LogP contribution in [0.4, 0.5) is 0 Å². The van der Waals surface area contributed by atoms with Crippen molar-refractivity contribution in [3.8, 4) is 0 Å². The molecule has 0 spiro atoms. The van der Waals surface area contributed by atoms with Gasteiger partial charge in [0.25, 0.3) is 9.04 Å². The van der Waals surface area contributed by atoms with E-state index < -0.39 is 9.04 Å². The van der Waals surface area contributed by atoms with Crippen molar-refractivity contribution in [2.24, 2.45) is 5.41 Å². The Morgan fingerprint density at radius 2 is 1.33 bits per heavy atom. The number of allylic oxidation sites excluding steroid dienone is 1. The fraction of sp³-hybridized carbons (Fsp3) is 0.263. The summed E-state index contributed by atoms with van der Waals surface area (Å²) >= 11 is 0. The van der Waals surface area contributed by atoms with Crippen molar-refractivity contribution >= 4 is 19.4 Å². The summed E-state index contributed by atoms with van der Waals surface area (Å²) in [5.41, 5.74) is 0.198. The van der Waals surface area contributed by atoms with Crippen molar-refractivity contribution in [1.29, 1.82) is 0 Å². The number of benzene rings is 2. The van der Waals surface area contributed by atoms with Crippen LogP contribution in [0.15, 0.2) is 73.0 Å². The Bertz CT molecular complexity index is 530. The van der Waals surface area contributed by atoms with Gasteiger partial charge in [0.1, 0.15) is 0 Å². The van der Waals surface area contributed by atoms with Crippen LogP contribution >= 0.6 is 0 Å². The van der Waals surface area contributed by atoms with Crippen LogP contribution in [0, 0.1) is 5.41 Å². The molecule has 21 heavy (non-hydrogen) atoms. The molecule has 0 saturated heterocycles. The molecule has 0 heterocycles. The lowest BCUT2D eigenvalue weighted by Gasteiger charge is -2.25. The summed E-state index contributed by atoms with van der Waals surface area (Å²) < 4.78 is 6.34. The van der Waals surface area contributed by atoms with Crippen molar-refractivity contribution < 1.29 is 4.43 Å². The molecule has 0 unspecified atom stereocenters. The molecule has 0 aliphatic carbocycles. The maximum absolute atomic E-state index is 6.34. The molecular weight excluding hydrogens is 272 g/mol. The first-order valence-electron chi connectivity index (χ1n) is 7.40. The van der Waals surface area contributed by atoms with Gasteiger partial charge in [-0.3, -0.25) is 0 Å². The van der Waals surface area contributed by atoms with E-state index in [1.807, 2.05) is 12.1 Å². The number of rotatable bonds is 5. The summed E-state index contributed by atoms with van der Waals surface area (Å²) in [6.45, 7) is 10.8. The Labute approximate surface area is 130 Å². The average Bonchev–Trinajstić information content (AvgIpc) is 2.45. The Hall–Kier alpha value is -1.80. The minimum atomic E-state index is -1.70. The van der Waals surface area contributed by atoms with Crippen LogP contribution in [0.5, 0.6) is 0 Å². The highest BCUT2D eigenvalue weighted by molar-refractivity contribution is 6.80. The summed E-state index contributed by atoms with van der Waals surface area (Å²) in [5.74, 6) is 0.895. The molecule has 0 fully saturated rings. The molecule has 0 amide bonds. The van der Waals surface area contributed by atoms with E-state index in [1.54, 1.807) is 0 Å². The number of hydrogen-bond donors (Lipinski definition) is 0. The summed E-state index contributed by atoms with van der Waals surface area (Å²) in [5, 5.41) is 2.58. The molecule has 0 bridgehead atoms.